The fourth-order valence-electron chi connectivity index (χ4n) is 6.21. The van der Waals surface area contributed by atoms with Crippen molar-refractivity contribution in [1.29, 1.82) is 0 Å². The second-order valence-electron chi connectivity index (χ2n) is 10.1. The van der Waals surface area contributed by atoms with Gasteiger partial charge in [0.2, 0.25) is 10.0 Å². The van der Waals surface area contributed by atoms with Crippen molar-refractivity contribution in [3.8, 4) is 0 Å². The molecule has 7 heteroatoms. The van der Waals surface area contributed by atoms with E-state index in [1.165, 1.54) is 25.7 Å². The van der Waals surface area contributed by atoms with Gasteiger partial charge >= 0.3 is 0 Å². The molecule has 1 saturated carbocycles. The van der Waals surface area contributed by atoms with Crippen LogP contribution in [-0.2, 0) is 10.0 Å². The van der Waals surface area contributed by atoms with E-state index in [4.69, 9.17) is 4.98 Å². The van der Waals surface area contributed by atoms with E-state index in [2.05, 4.69) is 4.90 Å². The molecule has 1 aliphatic carbocycles. The number of sulfonamides is 1. The van der Waals surface area contributed by atoms with Crippen LogP contribution in [0.25, 0.3) is 0 Å². The molecule has 0 radical (unpaired) electrons. The number of amides is 1. The lowest BCUT2D eigenvalue weighted by atomic mass is 9.78. The topological polar surface area (TPSA) is 70.6 Å². The standard InChI is InChI=1S/C27H35N3O3S/c1-20-13-14-24(27(31)30-17-7-9-21-8-5-6-12-25(21)30)26(28-20)22-15-18-29(19-16-22)34(32,33)23-10-3-2-4-11-23/h2-4,10-11,13-14,21-22,25H,5-9,12,15-19H2,1H3. The fourth-order valence-corrected chi connectivity index (χ4v) is 7.70. The molecule has 1 aromatic carbocycles. The zero-order valence-corrected chi connectivity index (χ0v) is 20.8. The summed E-state index contributed by atoms with van der Waals surface area (Å²) in [5.74, 6) is 0.853. The van der Waals surface area contributed by atoms with Crippen LogP contribution in [0.4, 0.5) is 0 Å². The van der Waals surface area contributed by atoms with Crippen molar-refractivity contribution < 1.29 is 13.2 Å². The Morgan fingerprint density at radius 3 is 2.35 bits per heavy atom. The molecule has 182 valence electrons. The van der Waals surface area contributed by atoms with E-state index < -0.39 is 10.0 Å². The van der Waals surface area contributed by atoms with Gasteiger partial charge in [-0.15, -0.1) is 0 Å². The molecular formula is C27H35N3O3S. The van der Waals surface area contributed by atoms with Crippen molar-refractivity contribution in [2.45, 2.75) is 75.1 Å². The maximum atomic E-state index is 13.8. The van der Waals surface area contributed by atoms with E-state index in [-0.39, 0.29) is 11.8 Å². The Morgan fingerprint density at radius 1 is 0.882 bits per heavy atom. The molecule has 0 spiro atoms. The van der Waals surface area contributed by atoms with Gasteiger partial charge in [-0.3, -0.25) is 9.78 Å². The Balaban J connectivity index is 1.35. The molecule has 2 atom stereocenters. The van der Waals surface area contributed by atoms with Crippen LogP contribution in [0.5, 0.6) is 0 Å². The number of hydrogen-bond acceptors (Lipinski definition) is 4. The summed E-state index contributed by atoms with van der Waals surface area (Å²) in [7, 11) is -3.49. The number of aryl methyl sites for hydroxylation is 1. The third-order valence-corrected chi connectivity index (χ3v) is 9.93. The van der Waals surface area contributed by atoms with Crippen molar-refractivity contribution in [3.63, 3.8) is 0 Å². The highest BCUT2D eigenvalue weighted by atomic mass is 32.2. The first-order chi connectivity index (χ1) is 16.4. The number of benzene rings is 1. The lowest BCUT2D eigenvalue weighted by Crippen LogP contribution is -2.50. The average Bonchev–Trinajstić information content (AvgIpc) is 2.88. The summed E-state index contributed by atoms with van der Waals surface area (Å²) in [6.45, 7) is 3.69. The Hall–Kier alpha value is -2.25. The van der Waals surface area contributed by atoms with Crippen LogP contribution in [0.1, 0.15) is 79.0 Å². The quantitative estimate of drug-likeness (QED) is 0.632. The van der Waals surface area contributed by atoms with E-state index in [9.17, 15) is 13.2 Å². The highest BCUT2D eigenvalue weighted by molar-refractivity contribution is 7.89. The minimum Gasteiger partial charge on any atom is -0.335 e. The summed E-state index contributed by atoms with van der Waals surface area (Å²) < 4.78 is 27.7. The van der Waals surface area contributed by atoms with Gasteiger partial charge in [0, 0.05) is 37.3 Å². The minimum absolute atomic E-state index is 0.0908. The smallest absolute Gasteiger partial charge is 0.255 e. The van der Waals surface area contributed by atoms with Gasteiger partial charge in [0.15, 0.2) is 0 Å². The van der Waals surface area contributed by atoms with Crippen LogP contribution in [0.3, 0.4) is 0 Å². The maximum absolute atomic E-state index is 13.8. The molecule has 3 heterocycles. The Kier molecular flexibility index (Phi) is 6.76. The molecule has 2 saturated heterocycles. The Morgan fingerprint density at radius 2 is 1.59 bits per heavy atom. The van der Waals surface area contributed by atoms with Crippen LogP contribution in [0, 0.1) is 12.8 Å². The van der Waals surface area contributed by atoms with Gasteiger partial charge in [-0.2, -0.15) is 4.31 Å². The first-order valence-electron chi connectivity index (χ1n) is 12.8. The monoisotopic (exact) mass is 481 g/mol. The van der Waals surface area contributed by atoms with Crippen molar-refractivity contribution in [1.82, 2.24) is 14.2 Å². The minimum atomic E-state index is -3.49. The summed E-state index contributed by atoms with van der Waals surface area (Å²) in [6, 6.07) is 12.9. The Labute approximate surface area is 203 Å². The molecule has 2 unspecified atom stereocenters. The van der Waals surface area contributed by atoms with E-state index in [1.807, 2.05) is 25.1 Å². The zero-order valence-electron chi connectivity index (χ0n) is 20.0. The van der Waals surface area contributed by atoms with Crippen LogP contribution < -0.4 is 0 Å². The lowest BCUT2D eigenvalue weighted by Gasteiger charge is -2.44. The summed E-state index contributed by atoms with van der Waals surface area (Å²) in [5.41, 5.74) is 2.49. The number of piperidine rings is 2. The Bertz CT molecular complexity index is 1130. The summed E-state index contributed by atoms with van der Waals surface area (Å²) >= 11 is 0. The van der Waals surface area contributed by atoms with Gasteiger partial charge in [-0.25, -0.2) is 8.42 Å². The molecule has 2 aromatic rings. The molecule has 34 heavy (non-hydrogen) atoms. The molecule has 3 aliphatic rings. The number of rotatable bonds is 4. The summed E-state index contributed by atoms with van der Waals surface area (Å²) in [5, 5.41) is 0. The van der Waals surface area contributed by atoms with Crippen molar-refractivity contribution in [2.24, 2.45) is 5.92 Å². The molecule has 2 aliphatic heterocycles. The highest BCUT2D eigenvalue weighted by Crippen LogP contribution is 2.37. The van der Waals surface area contributed by atoms with Gasteiger partial charge in [-0.05, 0) is 75.6 Å². The zero-order chi connectivity index (χ0) is 23.7. The predicted molar refractivity (Wildman–Crippen MR) is 132 cm³/mol. The number of aromatic nitrogens is 1. The van der Waals surface area contributed by atoms with E-state index >= 15 is 0 Å². The molecule has 6 nitrogen and oxygen atoms in total. The number of fused-ring (bicyclic) bond motifs is 1. The number of hydrogen-bond donors (Lipinski definition) is 0. The van der Waals surface area contributed by atoms with Crippen molar-refractivity contribution in [3.05, 3.63) is 59.4 Å². The van der Waals surface area contributed by atoms with Crippen molar-refractivity contribution >= 4 is 15.9 Å². The fraction of sp³-hybridized carbons (Fsp3) is 0.556. The van der Waals surface area contributed by atoms with Crippen LogP contribution in [0.2, 0.25) is 0 Å². The van der Waals surface area contributed by atoms with Gasteiger partial charge in [0.25, 0.3) is 5.91 Å². The van der Waals surface area contributed by atoms with Crippen molar-refractivity contribution in [2.75, 3.05) is 19.6 Å². The SMILES string of the molecule is Cc1ccc(C(=O)N2CCCC3CCCCC32)c(C2CCN(S(=O)(=O)c3ccccc3)CC2)n1. The van der Waals surface area contributed by atoms with E-state index in [0.29, 0.717) is 42.8 Å². The number of nitrogens with zero attached hydrogens (tertiary/aromatic N) is 3. The average molecular weight is 482 g/mol. The summed E-state index contributed by atoms with van der Waals surface area (Å²) in [4.78, 5) is 21.1. The van der Waals surface area contributed by atoms with Gasteiger partial charge in [0.05, 0.1) is 16.2 Å². The van der Waals surface area contributed by atoms with Crippen LogP contribution in [0.15, 0.2) is 47.4 Å². The molecule has 0 N–H and O–H groups in total. The second-order valence-corrected chi connectivity index (χ2v) is 12.1. The first-order valence-corrected chi connectivity index (χ1v) is 14.2. The third kappa shape index (κ3) is 4.52. The van der Waals surface area contributed by atoms with Crippen LogP contribution >= 0.6 is 0 Å². The largest absolute Gasteiger partial charge is 0.335 e. The number of pyridine rings is 1. The molecular weight excluding hydrogens is 446 g/mol. The lowest BCUT2D eigenvalue weighted by molar-refractivity contribution is 0.0388. The summed E-state index contributed by atoms with van der Waals surface area (Å²) in [6.07, 6.45) is 8.51. The molecule has 0 bridgehead atoms. The number of carbonyl (C=O) groups excluding carboxylic acids is 1. The van der Waals surface area contributed by atoms with Crippen LogP contribution in [-0.4, -0.2) is 54.2 Å². The molecule has 1 aromatic heterocycles. The predicted octanol–water partition coefficient (Wildman–Crippen LogP) is 4.75. The third-order valence-electron chi connectivity index (χ3n) is 8.02. The normalized spacial score (nSPS) is 24.6. The maximum Gasteiger partial charge on any atom is 0.255 e. The number of carbonyl (C=O) groups is 1. The van der Waals surface area contributed by atoms with E-state index in [0.717, 1.165) is 36.3 Å². The molecule has 5 rings (SSSR count). The van der Waals surface area contributed by atoms with Gasteiger partial charge in [0.1, 0.15) is 0 Å². The molecule has 1 amide bonds. The first kappa shape index (κ1) is 23.5. The van der Waals surface area contributed by atoms with Gasteiger partial charge in [-0.1, -0.05) is 31.0 Å². The second kappa shape index (κ2) is 9.78. The van der Waals surface area contributed by atoms with E-state index in [1.54, 1.807) is 28.6 Å². The highest BCUT2D eigenvalue weighted by Gasteiger charge is 2.38. The number of likely N-dealkylation sites (tertiary alicyclic amines) is 1. The van der Waals surface area contributed by atoms with Gasteiger partial charge < -0.3 is 4.90 Å². The molecule has 3 fully saturated rings.